The molecule has 2 heterocycles. The first-order valence-corrected chi connectivity index (χ1v) is 9.53. The summed E-state index contributed by atoms with van der Waals surface area (Å²) in [5.74, 6) is 2.04. The SMILES string of the molecule is O=C(NCc1ccc2c(c1)OCCO2)NC1CCSc2ccc(F)cc21. The number of halogens is 1. The molecular weight excluding hydrogens is 355 g/mol. The molecule has 2 aliphatic rings. The molecule has 0 spiro atoms. The lowest BCUT2D eigenvalue weighted by atomic mass is 10.0. The Kier molecular flexibility index (Phi) is 4.88. The van der Waals surface area contributed by atoms with Gasteiger partial charge in [-0.3, -0.25) is 0 Å². The number of hydrogen-bond donors (Lipinski definition) is 2. The Morgan fingerprint density at radius 1 is 1.15 bits per heavy atom. The van der Waals surface area contributed by atoms with E-state index >= 15 is 0 Å². The molecule has 0 fully saturated rings. The second-order valence-electron chi connectivity index (χ2n) is 6.18. The normalized spacial score (nSPS) is 18.0. The van der Waals surface area contributed by atoms with Crippen LogP contribution in [-0.2, 0) is 6.54 Å². The topological polar surface area (TPSA) is 59.6 Å². The van der Waals surface area contributed by atoms with E-state index in [1.807, 2.05) is 18.2 Å². The molecule has 4 rings (SSSR count). The van der Waals surface area contributed by atoms with E-state index in [1.54, 1.807) is 17.8 Å². The van der Waals surface area contributed by atoms with Gasteiger partial charge in [-0.15, -0.1) is 11.8 Å². The van der Waals surface area contributed by atoms with Gasteiger partial charge >= 0.3 is 6.03 Å². The van der Waals surface area contributed by atoms with Crippen LogP contribution in [0.4, 0.5) is 9.18 Å². The predicted molar refractivity (Wildman–Crippen MR) is 97.3 cm³/mol. The van der Waals surface area contributed by atoms with Crippen LogP contribution >= 0.6 is 11.8 Å². The van der Waals surface area contributed by atoms with Gasteiger partial charge in [-0.25, -0.2) is 9.18 Å². The summed E-state index contributed by atoms with van der Waals surface area (Å²) in [7, 11) is 0. The molecule has 2 aliphatic heterocycles. The molecule has 136 valence electrons. The maximum Gasteiger partial charge on any atom is 0.315 e. The fraction of sp³-hybridized carbons (Fsp3) is 0.316. The number of ether oxygens (including phenoxy) is 2. The van der Waals surface area contributed by atoms with Gasteiger partial charge in [0.15, 0.2) is 11.5 Å². The Hall–Kier alpha value is -2.41. The third-order valence-corrected chi connectivity index (χ3v) is 5.50. The molecule has 5 nitrogen and oxygen atoms in total. The molecule has 2 N–H and O–H groups in total. The lowest BCUT2D eigenvalue weighted by molar-refractivity contribution is 0.171. The van der Waals surface area contributed by atoms with E-state index in [4.69, 9.17) is 9.47 Å². The smallest absolute Gasteiger partial charge is 0.315 e. The zero-order valence-electron chi connectivity index (χ0n) is 14.1. The van der Waals surface area contributed by atoms with E-state index in [2.05, 4.69) is 10.6 Å². The van der Waals surface area contributed by atoms with E-state index in [-0.39, 0.29) is 17.9 Å². The van der Waals surface area contributed by atoms with Crippen molar-refractivity contribution in [1.29, 1.82) is 0 Å². The first-order valence-electron chi connectivity index (χ1n) is 8.54. The van der Waals surface area contributed by atoms with E-state index in [0.29, 0.717) is 25.5 Å². The Labute approximate surface area is 155 Å². The van der Waals surface area contributed by atoms with Crippen molar-refractivity contribution >= 4 is 17.8 Å². The first kappa shape index (κ1) is 17.0. The average molecular weight is 374 g/mol. The zero-order chi connectivity index (χ0) is 17.9. The standard InChI is InChI=1S/C19H19FN2O3S/c20-13-2-4-18-14(10-13)15(5-8-26-18)22-19(23)21-11-12-1-3-16-17(9-12)25-7-6-24-16/h1-4,9-10,15H,5-8,11H2,(H2,21,22,23). The molecule has 0 aromatic heterocycles. The summed E-state index contributed by atoms with van der Waals surface area (Å²) in [6.07, 6.45) is 0.776. The van der Waals surface area contributed by atoms with Crippen molar-refractivity contribution in [1.82, 2.24) is 10.6 Å². The molecule has 0 radical (unpaired) electrons. The van der Waals surface area contributed by atoms with Gasteiger partial charge < -0.3 is 20.1 Å². The van der Waals surface area contributed by atoms with E-state index in [9.17, 15) is 9.18 Å². The number of carbonyl (C=O) groups is 1. The van der Waals surface area contributed by atoms with Gasteiger partial charge in [0, 0.05) is 17.2 Å². The highest BCUT2D eigenvalue weighted by molar-refractivity contribution is 7.99. The second kappa shape index (κ2) is 7.45. The third kappa shape index (κ3) is 3.72. The van der Waals surface area contributed by atoms with Crippen molar-refractivity contribution in [2.45, 2.75) is 23.9 Å². The summed E-state index contributed by atoms with van der Waals surface area (Å²) in [5, 5.41) is 5.80. The Morgan fingerprint density at radius 2 is 2.00 bits per heavy atom. The molecule has 0 saturated heterocycles. The van der Waals surface area contributed by atoms with Crippen LogP contribution < -0.4 is 20.1 Å². The summed E-state index contributed by atoms with van der Waals surface area (Å²) >= 11 is 1.69. The first-order chi connectivity index (χ1) is 12.7. The van der Waals surface area contributed by atoms with Gasteiger partial charge in [0.1, 0.15) is 19.0 Å². The van der Waals surface area contributed by atoms with Crippen LogP contribution in [0.2, 0.25) is 0 Å². The fourth-order valence-corrected chi connectivity index (χ4v) is 4.21. The summed E-state index contributed by atoms with van der Waals surface area (Å²) in [5.41, 5.74) is 1.77. The Balaban J connectivity index is 1.37. The number of rotatable bonds is 3. The maximum atomic E-state index is 13.6. The predicted octanol–water partition coefficient (Wildman–Crippen LogP) is 3.63. The molecular formula is C19H19FN2O3S. The van der Waals surface area contributed by atoms with Crippen LogP contribution in [0.3, 0.4) is 0 Å². The number of thioether (sulfide) groups is 1. The molecule has 2 aromatic carbocycles. The Morgan fingerprint density at radius 3 is 2.88 bits per heavy atom. The van der Waals surface area contributed by atoms with Gasteiger partial charge in [-0.05, 0) is 47.9 Å². The monoisotopic (exact) mass is 374 g/mol. The van der Waals surface area contributed by atoms with Gasteiger partial charge in [0.05, 0.1) is 6.04 Å². The van der Waals surface area contributed by atoms with Gasteiger partial charge in [-0.2, -0.15) is 0 Å². The molecule has 2 amide bonds. The van der Waals surface area contributed by atoms with E-state index in [1.165, 1.54) is 12.1 Å². The van der Waals surface area contributed by atoms with Crippen molar-refractivity contribution in [2.24, 2.45) is 0 Å². The van der Waals surface area contributed by atoms with E-state index < -0.39 is 0 Å². The lowest BCUT2D eigenvalue weighted by Crippen LogP contribution is -2.38. The number of nitrogens with one attached hydrogen (secondary N) is 2. The molecule has 7 heteroatoms. The van der Waals surface area contributed by atoms with Crippen LogP contribution in [0.1, 0.15) is 23.6 Å². The lowest BCUT2D eigenvalue weighted by Gasteiger charge is -2.26. The molecule has 2 aromatic rings. The minimum absolute atomic E-state index is 0.179. The van der Waals surface area contributed by atoms with Crippen LogP contribution in [-0.4, -0.2) is 25.0 Å². The van der Waals surface area contributed by atoms with Crippen molar-refractivity contribution in [3.8, 4) is 11.5 Å². The maximum absolute atomic E-state index is 13.6. The highest BCUT2D eigenvalue weighted by Gasteiger charge is 2.23. The number of urea groups is 1. The molecule has 26 heavy (non-hydrogen) atoms. The average Bonchev–Trinajstić information content (AvgIpc) is 2.67. The molecule has 1 unspecified atom stereocenters. The quantitative estimate of drug-likeness (QED) is 0.861. The van der Waals surface area contributed by atoms with Crippen LogP contribution in [0.25, 0.3) is 0 Å². The van der Waals surface area contributed by atoms with Crippen molar-refractivity contribution in [2.75, 3.05) is 19.0 Å². The van der Waals surface area contributed by atoms with Crippen molar-refractivity contribution in [3.63, 3.8) is 0 Å². The highest BCUT2D eigenvalue weighted by Crippen LogP contribution is 2.36. The second-order valence-corrected chi connectivity index (χ2v) is 7.31. The van der Waals surface area contributed by atoms with Gasteiger partial charge in [-0.1, -0.05) is 6.07 Å². The van der Waals surface area contributed by atoms with Crippen LogP contribution in [0.5, 0.6) is 11.5 Å². The number of carbonyl (C=O) groups excluding carboxylic acids is 1. The number of hydrogen-bond acceptors (Lipinski definition) is 4. The zero-order valence-corrected chi connectivity index (χ0v) is 14.9. The summed E-state index contributed by atoms with van der Waals surface area (Å²) in [6.45, 7) is 1.45. The van der Waals surface area contributed by atoms with Crippen molar-refractivity contribution in [3.05, 3.63) is 53.3 Å². The summed E-state index contributed by atoms with van der Waals surface area (Å²) in [4.78, 5) is 13.3. The van der Waals surface area contributed by atoms with Gasteiger partial charge in [0.2, 0.25) is 0 Å². The molecule has 0 aliphatic carbocycles. The number of amides is 2. The Bertz CT molecular complexity index is 830. The fourth-order valence-electron chi connectivity index (χ4n) is 3.10. The highest BCUT2D eigenvalue weighted by atomic mass is 32.2. The summed E-state index contributed by atoms with van der Waals surface area (Å²) < 4.78 is 24.6. The molecule has 0 saturated carbocycles. The largest absolute Gasteiger partial charge is 0.486 e. The van der Waals surface area contributed by atoms with Gasteiger partial charge in [0.25, 0.3) is 0 Å². The third-order valence-electron chi connectivity index (χ3n) is 4.38. The minimum Gasteiger partial charge on any atom is -0.486 e. The van der Waals surface area contributed by atoms with Crippen LogP contribution in [0.15, 0.2) is 41.3 Å². The number of benzene rings is 2. The van der Waals surface area contributed by atoms with Crippen LogP contribution in [0, 0.1) is 5.82 Å². The van der Waals surface area contributed by atoms with Crippen molar-refractivity contribution < 1.29 is 18.7 Å². The van der Waals surface area contributed by atoms with E-state index in [0.717, 1.165) is 33.9 Å². The number of fused-ring (bicyclic) bond motifs is 2. The molecule has 1 atom stereocenters. The minimum atomic E-state index is -0.283. The summed E-state index contributed by atoms with van der Waals surface area (Å²) in [6, 6.07) is 9.90. The molecule has 0 bridgehead atoms.